The van der Waals surface area contributed by atoms with Crippen molar-refractivity contribution in [3.63, 3.8) is 0 Å². The van der Waals surface area contributed by atoms with E-state index in [1.54, 1.807) is 12.1 Å². The van der Waals surface area contributed by atoms with Gasteiger partial charge in [0.1, 0.15) is 11.7 Å². The summed E-state index contributed by atoms with van der Waals surface area (Å²) in [4.78, 5) is 4.51. The summed E-state index contributed by atoms with van der Waals surface area (Å²) in [6.45, 7) is 4.46. The second-order valence-corrected chi connectivity index (χ2v) is 4.65. The first kappa shape index (κ1) is 13.6. The van der Waals surface area contributed by atoms with Gasteiger partial charge in [0, 0.05) is 44.8 Å². The van der Waals surface area contributed by atoms with E-state index in [1.165, 1.54) is 12.1 Å². The molecule has 1 aliphatic heterocycles. The molecule has 5 nitrogen and oxygen atoms in total. The summed E-state index contributed by atoms with van der Waals surface area (Å²) in [7, 11) is 0. The van der Waals surface area contributed by atoms with Crippen LogP contribution < -0.4 is 10.6 Å². The lowest BCUT2D eigenvalue weighted by molar-refractivity contribution is 0.262. The molecule has 1 heterocycles. The predicted molar refractivity (Wildman–Crippen MR) is 73.1 cm³/mol. The molecule has 3 N–H and O–H groups in total. The number of benzene rings is 1. The molecule has 0 radical (unpaired) electrons. The van der Waals surface area contributed by atoms with Crippen LogP contribution in [0.3, 0.4) is 0 Å². The zero-order chi connectivity index (χ0) is 13.7. The Morgan fingerprint density at radius 2 is 1.84 bits per heavy atom. The van der Waals surface area contributed by atoms with Crippen LogP contribution in [0.2, 0.25) is 0 Å². The van der Waals surface area contributed by atoms with E-state index in [1.807, 2.05) is 0 Å². The highest BCUT2D eigenvalue weighted by Gasteiger charge is 2.17. The summed E-state index contributed by atoms with van der Waals surface area (Å²) in [5, 5.41) is 11.4. The summed E-state index contributed by atoms with van der Waals surface area (Å²) in [6, 6.07) is 6.59. The van der Waals surface area contributed by atoms with E-state index in [0.717, 1.165) is 38.4 Å². The monoisotopic (exact) mass is 266 g/mol. The molecule has 0 unspecified atom stereocenters. The maximum Gasteiger partial charge on any atom is 0.140 e. The fourth-order valence-electron chi connectivity index (χ4n) is 2.20. The van der Waals surface area contributed by atoms with E-state index in [2.05, 4.69) is 15.0 Å². The minimum absolute atomic E-state index is 0.207. The van der Waals surface area contributed by atoms with Gasteiger partial charge in [-0.25, -0.2) is 4.39 Å². The van der Waals surface area contributed by atoms with Crippen LogP contribution in [-0.2, 0) is 0 Å². The molecule has 1 fully saturated rings. The predicted octanol–water partition coefficient (Wildman–Crippen LogP) is 1.08. The highest BCUT2D eigenvalue weighted by molar-refractivity contribution is 5.79. The van der Waals surface area contributed by atoms with Crippen LogP contribution in [0, 0.1) is 5.82 Å². The number of anilines is 1. The Balaban J connectivity index is 1.80. The highest BCUT2D eigenvalue weighted by Crippen LogP contribution is 2.16. The molecule has 0 aliphatic carbocycles. The van der Waals surface area contributed by atoms with Crippen LogP contribution in [0.15, 0.2) is 29.4 Å². The standard InChI is InChI=1S/C13H19FN4O/c14-11-1-3-12(4-2-11)18-9-7-17(8-10-18)6-5-13(15)16-19/h1-4,19H,5-10H2,(H2,15,16). The van der Waals surface area contributed by atoms with Crippen molar-refractivity contribution in [1.82, 2.24) is 4.90 Å². The fraction of sp³-hybridized carbons (Fsp3) is 0.462. The van der Waals surface area contributed by atoms with Gasteiger partial charge in [-0.1, -0.05) is 5.16 Å². The van der Waals surface area contributed by atoms with Gasteiger partial charge in [0.2, 0.25) is 0 Å². The molecule has 0 atom stereocenters. The molecule has 2 rings (SSSR count). The van der Waals surface area contributed by atoms with Gasteiger partial charge in [0.05, 0.1) is 0 Å². The Morgan fingerprint density at radius 1 is 1.21 bits per heavy atom. The summed E-state index contributed by atoms with van der Waals surface area (Å²) < 4.78 is 12.9. The quantitative estimate of drug-likeness (QED) is 0.370. The Labute approximate surface area is 112 Å². The van der Waals surface area contributed by atoms with E-state index in [9.17, 15) is 4.39 Å². The maximum absolute atomic E-state index is 12.9. The van der Waals surface area contributed by atoms with Gasteiger partial charge in [-0.15, -0.1) is 0 Å². The van der Waals surface area contributed by atoms with E-state index in [4.69, 9.17) is 10.9 Å². The molecule has 1 aliphatic rings. The summed E-state index contributed by atoms with van der Waals surface area (Å²) in [5.41, 5.74) is 6.50. The number of hydrogen-bond donors (Lipinski definition) is 2. The molecule has 104 valence electrons. The summed E-state index contributed by atoms with van der Waals surface area (Å²) in [5.74, 6) is 0.0575. The number of nitrogens with two attached hydrogens (primary N) is 1. The second kappa shape index (κ2) is 6.38. The van der Waals surface area contributed by atoms with Crippen LogP contribution in [0.25, 0.3) is 0 Å². The summed E-state index contributed by atoms with van der Waals surface area (Å²) >= 11 is 0. The lowest BCUT2D eigenvalue weighted by Crippen LogP contribution is -2.47. The lowest BCUT2D eigenvalue weighted by atomic mass is 10.2. The molecular formula is C13H19FN4O. The molecule has 0 spiro atoms. The van der Waals surface area contributed by atoms with Gasteiger partial charge in [-0.05, 0) is 24.3 Å². The van der Waals surface area contributed by atoms with Crippen LogP contribution in [0.4, 0.5) is 10.1 Å². The van der Waals surface area contributed by atoms with E-state index in [-0.39, 0.29) is 11.7 Å². The third-order valence-electron chi connectivity index (χ3n) is 3.38. The van der Waals surface area contributed by atoms with Crippen LogP contribution >= 0.6 is 0 Å². The second-order valence-electron chi connectivity index (χ2n) is 4.65. The SMILES string of the molecule is N/C(CCN1CCN(c2ccc(F)cc2)CC1)=N\O. The van der Waals surface area contributed by atoms with Crippen LogP contribution in [0.5, 0.6) is 0 Å². The van der Waals surface area contributed by atoms with Gasteiger partial charge in [-0.2, -0.15) is 0 Å². The van der Waals surface area contributed by atoms with Crippen molar-refractivity contribution in [3.05, 3.63) is 30.1 Å². The Morgan fingerprint density at radius 3 is 2.42 bits per heavy atom. The minimum atomic E-state index is -0.207. The van der Waals surface area contributed by atoms with Gasteiger partial charge >= 0.3 is 0 Å². The number of halogens is 1. The Hall–Kier alpha value is -1.82. The van der Waals surface area contributed by atoms with Crippen molar-refractivity contribution >= 4 is 11.5 Å². The molecule has 19 heavy (non-hydrogen) atoms. The molecule has 0 aromatic heterocycles. The smallest absolute Gasteiger partial charge is 0.140 e. The average molecular weight is 266 g/mol. The van der Waals surface area contributed by atoms with Crippen molar-refractivity contribution in [3.8, 4) is 0 Å². The zero-order valence-electron chi connectivity index (χ0n) is 10.8. The van der Waals surface area contributed by atoms with Gasteiger partial charge < -0.3 is 15.8 Å². The van der Waals surface area contributed by atoms with Crippen molar-refractivity contribution < 1.29 is 9.60 Å². The Bertz CT molecular complexity index is 427. The average Bonchev–Trinajstić information content (AvgIpc) is 2.46. The van der Waals surface area contributed by atoms with Crippen molar-refractivity contribution in [2.75, 3.05) is 37.6 Å². The fourth-order valence-corrected chi connectivity index (χ4v) is 2.20. The van der Waals surface area contributed by atoms with E-state index < -0.39 is 0 Å². The van der Waals surface area contributed by atoms with Crippen LogP contribution in [-0.4, -0.2) is 48.7 Å². The molecule has 1 aromatic carbocycles. The van der Waals surface area contributed by atoms with Crippen molar-refractivity contribution in [2.24, 2.45) is 10.9 Å². The highest BCUT2D eigenvalue weighted by atomic mass is 19.1. The molecule has 0 saturated carbocycles. The number of oxime groups is 1. The first-order chi connectivity index (χ1) is 9.19. The molecule has 1 aromatic rings. The maximum atomic E-state index is 12.9. The van der Waals surface area contributed by atoms with Crippen LogP contribution in [0.1, 0.15) is 6.42 Å². The van der Waals surface area contributed by atoms with E-state index >= 15 is 0 Å². The molecule has 0 amide bonds. The molecule has 1 saturated heterocycles. The lowest BCUT2D eigenvalue weighted by Gasteiger charge is -2.36. The zero-order valence-corrected chi connectivity index (χ0v) is 10.8. The minimum Gasteiger partial charge on any atom is -0.409 e. The number of nitrogens with zero attached hydrogens (tertiary/aromatic N) is 3. The normalized spacial score (nSPS) is 17.7. The van der Waals surface area contributed by atoms with Gasteiger partial charge in [-0.3, -0.25) is 4.90 Å². The van der Waals surface area contributed by atoms with Gasteiger partial charge in [0.25, 0.3) is 0 Å². The third-order valence-corrected chi connectivity index (χ3v) is 3.38. The molecule has 6 heteroatoms. The van der Waals surface area contributed by atoms with Crippen molar-refractivity contribution in [1.29, 1.82) is 0 Å². The molecule has 0 bridgehead atoms. The number of rotatable bonds is 4. The number of amidine groups is 1. The molecular weight excluding hydrogens is 247 g/mol. The first-order valence-corrected chi connectivity index (χ1v) is 6.38. The number of piperazine rings is 1. The van der Waals surface area contributed by atoms with E-state index in [0.29, 0.717) is 6.42 Å². The van der Waals surface area contributed by atoms with Crippen molar-refractivity contribution in [2.45, 2.75) is 6.42 Å². The first-order valence-electron chi connectivity index (χ1n) is 6.38. The summed E-state index contributed by atoms with van der Waals surface area (Å²) in [6.07, 6.45) is 0.576. The third kappa shape index (κ3) is 3.82. The largest absolute Gasteiger partial charge is 0.409 e. The van der Waals surface area contributed by atoms with Gasteiger partial charge in [0.15, 0.2) is 0 Å². The topological polar surface area (TPSA) is 65.1 Å². The number of hydrogen-bond acceptors (Lipinski definition) is 4. The Kier molecular flexibility index (Phi) is 4.57.